The standard InChI is InChI=1S/C22H29N3O5S/c1-22(2,3)21(26)23-16-9-10-18(25-11-13-30-14-12-25)20(15-16)31(27,28)24-17-7-5-6-8-19(17)29-4/h5-10,15,24H,11-14H2,1-4H3,(H,23,26). The second-order valence-electron chi connectivity index (χ2n) is 8.29. The van der Waals surface area contributed by atoms with Crippen LogP contribution in [-0.2, 0) is 19.6 Å². The van der Waals surface area contributed by atoms with Crippen molar-refractivity contribution >= 4 is 33.0 Å². The molecular formula is C22H29N3O5S. The molecule has 168 valence electrons. The van der Waals surface area contributed by atoms with E-state index in [0.29, 0.717) is 49.1 Å². The average Bonchev–Trinajstić information content (AvgIpc) is 2.74. The van der Waals surface area contributed by atoms with Crippen molar-refractivity contribution in [3.8, 4) is 5.75 Å². The topological polar surface area (TPSA) is 97.0 Å². The van der Waals surface area contributed by atoms with Crippen LogP contribution in [0.4, 0.5) is 17.1 Å². The van der Waals surface area contributed by atoms with E-state index in [1.807, 2.05) is 4.90 Å². The first kappa shape index (κ1) is 22.9. The second kappa shape index (κ2) is 9.15. The number of morpholine rings is 1. The summed E-state index contributed by atoms with van der Waals surface area (Å²) in [6.45, 7) is 7.57. The number of hydrogen-bond acceptors (Lipinski definition) is 6. The predicted octanol–water partition coefficient (Wildman–Crippen LogP) is 3.32. The Morgan fingerprint density at radius 2 is 1.77 bits per heavy atom. The average molecular weight is 448 g/mol. The summed E-state index contributed by atoms with van der Waals surface area (Å²) in [5.41, 5.74) is 0.691. The van der Waals surface area contributed by atoms with Gasteiger partial charge in [-0.25, -0.2) is 8.42 Å². The third kappa shape index (κ3) is 5.48. The zero-order valence-corrected chi connectivity index (χ0v) is 19.1. The summed E-state index contributed by atoms with van der Waals surface area (Å²) in [6, 6.07) is 11.7. The lowest BCUT2D eigenvalue weighted by Gasteiger charge is -2.31. The summed E-state index contributed by atoms with van der Waals surface area (Å²) in [5, 5.41) is 2.81. The fourth-order valence-corrected chi connectivity index (χ4v) is 4.44. The van der Waals surface area contributed by atoms with Gasteiger partial charge in [-0.15, -0.1) is 0 Å². The summed E-state index contributed by atoms with van der Waals surface area (Å²) < 4.78 is 40.2. The van der Waals surface area contributed by atoms with Gasteiger partial charge >= 0.3 is 0 Å². The Kier molecular flexibility index (Phi) is 6.76. The zero-order valence-electron chi connectivity index (χ0n) is 18.3. The summed E-state index contributed by atoms with van der Waals surface area (Å²) in [6.07, 6.45) is 0. The zero-order chi connectivity index (χ0) is 22.6. The van der Waals surface area contributed by atoms with Gasteiger partial charge in [0.15, 0.2) is 0 Å². The van der Waals surface area contributed by atoms with Crippen LogP contribution in [0, 0.1) is 5.41 Å². The molecule has 0 bridgehead atoms. The van der Waals surface area contributed by atoms with Gasteiger partial charge < -0.3 is 19.7 Å². The smallest absolute Gasteiger partial charge is 0.264 e. The highest BCUT2D eigenvalue weighted by Gasteiger charge is 2.27. The number of rotatable bonds is 6. The minimum absolute atomic E-state index is 0.0759. The Morgan fingerprint density at radius 3 is 2.42 bits per heavy atom. The third-order valence-corrected chi connectivity index (χ3v) is 6.29. The van der Waals surface area contributed by atoms with Crippen molar-refractivity contribution in [3.05, 3.63) is 42.5 Å². The largest absolute Gasteiger partial charge is 0.495 e. The molecule has 1 aliphatic heterocycles. The summed E-state index contributed by atoms with van der Waals surface area (Å²) in [4.78, 5) is 14.5. The Hall–Kier alpha value is -2.78. The van der Waals surface area contributed by atoms with E-state index in [-0.39, 0.29) is 10.8 Å². The molecule has 0 atom stereocenters. The molecule has 1 fully saturated rings. The number of carbonyl (C=O) groups is 1. The fraction of sp³-hybridized carbons (Fsp3) is 0.409. The maximum absolute atomic E-state index is 13.4. The van der Waals surface area contributed by atoms with E-state index >= 15 is 0 Å². The Morgan fingerprint density at radius 1 is 1.10 bits per heavy atom. The van der Waals surface area contributed by atoms with Crippen LogP contribution in [-0.4, -0.2) is 47.7 Å². The van der Waals surface area contributed by atoms with Crippen LogP contribution in [0.3, 0.4) is 0 Å². The lowest BCUT2D eigenvalue weighted by Crippen LogP contribution is -2.37. The molecule has 0 aliphatic carbocycles. The number of para-hydroxylation sites is 2. The number of amides is 1. The normalized spacial score (nSPS) is 14.8. The van der Waals surface area contributed by atoms with Crippen molar-refractivity contribution < 1.29 is 22.7 Å². The van der Waals surface area contributed by atoms with Gasteiger partial charge in [0.25, 0.3) is 10.0 Å². The van der Waals surface area contributed by atoms with Crippen molar-refractivity contribution in [2.45, 2.75) is 25.7 Å². The van der Waals surface area contributed by atoms with Crippen LogP contribution in [0.15, 0.2) is 47.4 Å². The van der Waals surface area contributed by atoms with Crippen LogP contribution >= 0.6 is 0 Å². The maximum atomic E-state index is 13.4. The van der Waals surface area contributed by atoms with Crippen LogP contribution in [0.1, 0.15) is 20.8 Å². The Balaban J connectivity index is 2.03. The molecule has 8 nitrogen and oxygen atoms in total. The first-order valence-corrected chi connectivity index (χ1v) is 11.5. The molecule has 2 aromatic carbocycles. The summed E-state index contributed by atoms with van der Waals surface area (Å²) >= 11 is 0. The molecule has 2 aromatic rings. The van der Waals surface area contributed by atoms with Gasteiger partial charge in [-0.1, -0.05) is 32.9 Å². The Labute approximate surface area is 183 Å². The van der Waals surface area contributed by atoms with Crippen molar-refractivity contribution in [1.29, 1.82) is 0 Å². The van der Waals surface area contributed by atoms with Gasteiger partial charge in [-0.2, -0.15) is 0 Å². The predicted molar refractivity (Wildman–Crippen MR) is 121 cm³/mol. The lowest BCUT2D eigenvalue weighted by molar-refractivity contribution is -0.123. The molecule has 1 aliphatic rings. The third-order valence-electron chi connectivity index (χ3n) is 4.89. The molecule has 0 spiro atoms. The molecule has 0 aromatic heterocycles. The molecule has 0 unspecified atom stereocenters. The van der Waals surface area contributed by atoms with Crippen molar-refractivity contribution in [2.24, 2.45) is 5.41 Å². The highest BCUT2D eigenvalue weighted by atomic mass is 32.2. The van der Waals surface area contributed by atoms with E-state index in [0.717, 1.165) is 0 Å². The minimum Gasteiger partial charge on any atom is -0.495 e. The van der Waals surface area contributed by atoms with E-state index in [1.54, 1.807) is 57.2 Å². The van der Waals surface area contributed by atoms with E-state index in [2.05, 4.69) is 10.0 Å². The molecular weight excluding hydrogens is 418 g/mol. The quantitative estimate of drug-likeness (QED) is 0.705. The number of sulfonamides is 1. The van der Waals surface area contributed by atoms with Crippen LogP contribution < -0.4 is 19.7 Å². The highest BCUT2D eigenvalue weighted by molar-refractivity contribution is 7.93. The van der Waals surface area contributed by atoms with Gasteiger partial charge in [0.1, 0.15) is 10.6 Å². The van der Waals surface area contributed by atoms with Gasteiger partial charge in [0.05, 0.1) is 31.7 Å². The molecule has 2 N–H and O–H groups in total. The van der Waals surface area contributed by atoms with E-state index in [1.165, 1.54) is 13.2 Å². The monoisotopic (exact) mass is 447 g/mol. The van der Waals surface area contributed by atoms with E-state index in [9.17, 15) is 13.2 Å². The van der Waals surface area contributed by atoms with E-state index in [4.69, 9.17) is 9.47 Å². The van der Waals surface area contributed by atoms with Crippen molar-refractivity contribution in [3.63, 3.8) is 0 Å². The SMILES string of the molecule is COc1ccccc1NS(=O)(=O)c1cc(NC(=O)C(C)(C)C)ccc1N1CCOCC1. The molecule has 31 heavy (non-hydrogen) atoms. The van der Waals surface area contributed by atoms with Crippen LogP contribution in [0.2, 0.25) is 0 Å². The van der Waals surface area contributed by atoms with Gasteiger partial charge in [0, 0.05) is 24.2 Å². The van der Waals surface area contributed by atoms with Gasteiger partial charge in [0.2, 0.25) is 5.91 Å². The number of carbonyl (C=O) groups excluding carboxylic acids is 1. The fourth-order valence-electron chi connectivity index (χ4n) is 3.12. The number of hydrogen-bond donors (Lipinski definition) is 2. The number of nitrogens with zero attached hydrogens (tertiary/aromatic N) is 1. The number of benzene rings is 2. The second-order valence-corrected chi connectivity index (χ2v) is 9.94. The summed E-state index contributed by atoms with van der Waals surface area (Å²) in [5.74, 6) is 0.212. The molecule has 3 rings (SSSR count). The molecule has 9 heteroatoms. The highest BCUT2D eigenvalue weighted by Crippen LogP contribution is 2.33. The van der Waals surface area contributed by atoms with Crippen molar-refractivity contribution in [1.82, 2.24) is 0 Å². The Bertz CT molecular complexity index is 1040. The van der Waals surface area contributed by atoms with Crippen LogP contribution in [0.5, 0.6) is 5.75 Å². The summed E-state index contributed by atoms with van der Waals surface area (Å²) in [7, 11) is -2.50. The minimum atomic E-state index is -3.98. The molecule has 0 radical (unpaired) electrons. The van der Waals surface area contributed by atoms with E-state index < -0.39 is 15.4 Å². The first-order valence-electron chi connectivity index (χ1n) is 10.1. The molecule has 1 heterocycles. The lowest BCUT2D eigenvalue weighted by atomic mass is 9.95. The van der Waals surface area contributed by atoms with Gasteiger partial charge in [-0.3, -0.25) is 9.52 Å². The van der Waals surface area contributed by atoms with Gasteiger partial charge in [-0.05, 0) is 30.3 Å². The van der Waals surface area contributed by atoms with Crippen molar-refractivity contribution in [2.75, 3.05) is 48.4 Å². The van der Waals surface area contributed by atoms with Crippen LogP contribution in [0.25, 0.3) is 0 Å². The number of anilines is 3. The molecule has 1 amide bonds. The first-order chi connectivity index (χ1) is 14.6. The number of nitrogens with one attached hydrogen (secondary N) is 2. The number of methoxy groups -OCH3 is 1. The maximum Gasteiger partial charge on any atom is 0.264 e. The molecule has 1 saturated heterocycles. The molecule has 0 saturated carbocycles. The number of ether oxygens (including phenoxy) is 2.